The number of anilines is 1. The average molecular weight is 289 g/mol. The highest BCUT2D eigenvalue weighted by molar-refractivity contribution is 5.98. The van der Waals surface area contributed by atoms with Crippen molar-refractivity contribution in [3.63, 3.8) is 0 Å². The molecule has 0 saturated carbocycles. The smallest absolute Gasteiger partial charge is 0.260 e. The Morgan fingerprint density at radius 2 is 2.10 bits per heavy atom. The summed E-state index contributed by atoms with van der Waals surface area (Å²) in [6.07, 6.45) is -0.796. The maximum absolute atomic E-state index is 12.8. The second kappa shape index (κ2) is 5.37. The molecule has 0 radical (unpaired) electrons. The number of amides is 2. The third kappa shape index (κ3) is 2.47. The molecule has 2 aliphatic heterocycles. The van der Waals surface area contributed by atoms with Crippen LogP contribution < -0.4 is 20.7 Å². The van der Waals surface area contributed by atoms with Crippen molar-refractivity contribution in [2.45, 2.75) is 13.0 Å². The van der Waals surface area contributed by atoms with Gasteiger partial charge in [0.15, 0.2) is 6.10 Å². The zero-order chi connectivity index (χ0) is 15.0. The van der Waals surface area contributed by atoms with Crippen LogP contribution in [0, 0.1) is 11.8 Å². The number of rotatable bonds is 3. The third-order valence-electron chi connectivity index (χ3n) is 4.27. The zero-order valence-corrected chi connectivity index (χ0v) is 11.9. The van der Waals surface area contributed by atoms with Gasteiger partial charge in [0.05, 0.1) is 12.2 Å². The maximum atomic E-state index is 12.8. The fourth-order valence-corrected chi connectivity index (χ4v) is 2.70. The van der Waals surface area contributed by atoms with Crippen LogP contribution in [0.3, 0.4) is 0 Å². The number of hydrogen-bond acceptors (Lipinski definition) is 4. The normalized spacial score (nSPS) is 22.7. The zero-order valence-electron chi connectivity index (χ0n) is 11.9. The van der Waals surface area contributed by atoms with E-state index in [4.69, 9.17) is 10.5 Å². The third-order valence-corrected chi connectivity index (χ3v) is 4.27. The van der Waals surface area contributed by atoms with Crippen molar-refractivity contribution in [2.75, 3.05) is 24.5 Å². The highest BCUT2D eigenvalue weighted by Crippen LogP contribution is 2.34. The van der Waals surface area contributed by atoms with E-state index in [2.05, 4.69) is 5.32 Å². The number of carbonyl (C=O) groups excluding carboxylic acids is 2. The quantitative estimate of drug-likeness (QED) is 0.828. The van der Waals surface area contributed by atoms with E-state index in [9.17, 15) is 9.59 Å². The van der Waals surface area contributed by atoms with Gasteiger partial charge >= 0.3 is 0 Å². The molecule has 0 aliphatic carbocycles. The molecule has 0 aromatic heterocycles. The van der Waals surface area contributed by atoms with Crippen LogP contribution >= 0.6 is 0 Å². The lowest BCUT2D eigenvalue weighted by Gasteiger charge is -2.38. The van der Waals surface area contributed by atoms with Crippen LogP contribution in [-0.2, 0) is 9.59 Å². The Labute approximate surface area is 123 Å². The van der Waals surface area contributed by atoms with Crippen LogP contribution in [-0.4, -0.2) is 37.6 Å². The summed E-state index contributed by atoms with van der Waals surface area (Å²) in [5.74, 6) is 0.245. The van der Waals surface area contributed by atoms with Gasteiger partial charge in [0.25, 0.3) is 5.91 Å². The number of hydrogen-bond donors (Lipinski definition) is 2. The molecule has 1 fully saturated rings. The molecule has 0 bridgehead atoms. The Bertz CT molecular complexity index is 571. The van der Waals surface area contributed by atoms with Gasteiger partial charge in [-0.15, -0.1) is 0 Å². The molecule has 3 rings (SSSR count). The Kier molecular flexibility index (Phi) is 3.55. The molecule has 2 amide bonds. The number of nitrogens with two attached hydrogens (primary N) is 1. The SMILES string of the molecule is CC(C(=O)N1CC(C(N)=O)Oc2ccccc21)C1CNC1. The predicted molar refractivity (Wildman–Crippen MR) is 77.9 cm³/mol. The molecule has 21 heavy (non-hydrogen) atoms. The minimum Gasteiger partial charge on any atom is -0.477 e. The first-order chi connectivity index (χ1) is 10.1. The second-order valence-electron chi connectivity index (χ2n) is 5.63. The summed E-state index contributed by atoms with van der Waals surface area (Å²) in [5, 5.41) is 3.18. The lowest BCUT2D eigenvalue weighted by Crippen LogP contribution is -2.54. The van der Waals surface area contributed by atoms with E-state index in [1.165, 1.54) is 0 Å². The minimum atomic E-state index is -0.796. The van der Waals surface area contributed by atoms with Crippen molar-refractivity contribution in [1.29, 1.82) is 0 Å². The molecular formula is C15H19N3O3. The number of nitrogens with one attached hydrogen (secondary N) is 1. The lowest BCUT2D eigenvalue weighted by atomic mass is 9.87. The summed E-state index contributed by atoms with van der Waals surface area (Å²) in [6.45, 7) is 3.83. The molecule has 0 spiro atoms. The van der Waals surface area contributed by atoms with E-state index < -0.39 is 12.0 Å². The van der Waals surface area contributed by atoms with Crippen LogP contribution in [0.2, 0.25) is 0 Å². The van der Waals surface area contributed by atoms with Crippen molar-refractivity contribution in [3.05, 3.63) is 24.3 Å². The summed E-state index contributed by atoms with van der Waals surface area (Å²) in [6, 6.07) is 7.24. The number of carbonyl (C=O) groups is 2. The Balaban J connectivity index is 1.88. The molecule has 2 aliphatic rings. The number of ether oxygens (including phenoxy) is 1. The van der Waals surface area contributed by atoms with Gasteiger partial charge < -0.3 is 20.7 Å². The van der Waals surface area contributed by atoms with E-state index in [1.807, 2.05) is 25.1 Å². The highest BCUT2D eigenvalue weighted by Gasteiger charge is 2.37. The molecule has 1 aromatic carbocycles. The Hall–Kier alpha value is -2.08. The topological polar surface area (TPSA) is 84.7 Å². The van der Waals surface area contributed by atoms with Gasteiger partial charge in [-0.25, -0.2) is 0 Å². The van der Waals surface area contributed by atoms with Crippen LogP contribution in [0.25, 0.3) is 0 Å². The fraction of sp³-hybridized carbons (Fsp3) is 0.467. The van der Waals surface area contributed by atoms with Gasteiger partial charge in [-0.2, -0.15) is 0 Å². The van der Waals surface area contributed by atoms with Crippen molar-refractivity contribution in [1.82, 2.24) is 5.32 Å². The molecular weight excluding hydrogens is 270 g/mol. The molecule has 2 atom stereocenters. The number of para-hydroxylation sites is 2. The second-order valence-corrected chi connectivity index (χ2v) is 5.63. The van der Waals surface area contributed by atoms with Gasteiger partial charge in [-0.1, -0.05) is 19.1 Å². The van der Waals surface area contributed by atoms with Gasteiger partial charge in [0.1, 0.15) is 5.75 Å². The largest absolute Gasteiger partial charge is 0.477 e. The number of fused-ring (bicyclic) bond motifs is 1. The first-order valence-corrected chi connectivity index (χ1v) is 7.15. The van der Waals surface area contributed by atoms with Crippen LogP contribution in [0.4, 0.5) is 5.69 Å². The Morgan fingerprint density at radius 3 is 2.71 bits per heavy atom. The lowest BCUT2D eigenvalue weighted by molar-refractivity contribution is -0.127. The predicted octanol–water partition coefficient (Wildman–Crippen LogP) is 0.121. The van der Waals surface area contributed by atoms with E-state index in [0.717, 1.165) is 13.1 Å². The van der Waals surface area contributed by atoms with Crippen LogP contribution in [0.15, 0.2) is 24.3 Å². The van der Waals surface area contributed by atoms with Gasteiger partial charge in [-0.05, 0) is 31.1 Å². The first-order valence-electron chi connectivity index (χ1n) is 7.15. The van der Waals surface area contributed by atoms with Crippen molar-refractivity contribution in [3.8, 4) is 5.75 Å². The molecule has 6 nitrogen and oxygen atoms in total. The monoisotopic (exact) mass is 289 g/mol. The Morgan fingerprint density at radius 1 is 1.38 bits per heavy atom. The number of nitrogens with zero attached hydrogens (tertiary/aromatic N) is 1. The summed E-state index contributed by atoms with van der Waals surface area (Å²) < 4.78 is 5.57. The molecule has 1 aromatic rings. The fourth-order valence-electron chi connectivity index (χ4n) is 2.70. The van der Waals surface area contributed by atoms with Crippen molar-refractivity contribution < 1.29 is 14.3 Å². The molecule has 1 saturated heterocycles. The first kappa shape index (κ1) is 13.9. The van der Waals surface area contributed by atoms with Gasteiger partial charge in [-0.3, -0.25) is 9.59 Å². The summed E-state index contributed by atoms with van der Waals surface area (Å²) in [5.41, 5.74) is 6.06. The summed E-state index contributed by atoms with van der Waals surface area (Å²) in [4.78, 5) is 25.8. The standard InChI is InChI=1S/C15H19N3O3/c1-9(10-6-17-7-10)15(20)18-8-13(14(16)19)21-12-5-3-2-4-11(12)18/h2-5,9-10,13,17H,6-8H2,1H3,(H2,16,19). The van der Waals surface area contributed by atoms with E-state index in [0.29, 0.717) is 17.4 Å². The molecule has 112 valence electrons. The minimum absolute atomic E-state index is 0.0171. The summed E-state index contributed by atoms with van der Waals surface area (Å²) in [7, 11) is 0. The molecule has 6 heteroatoms. The van der Waals surface area contributed by atoms with Crippen LogP contribution in [0.5, 0.6) is 5.75 Å². The average Bonchev–Trinajstić information content (AvgIpc) is 2.43. The molecule has 2 heterocycles. The van der Waals surface area contributed by atoms with Crippen molar-refractivity contribution >= 4 is 17.5 Å². The van der Waals surface area contributed by atoms with Gasteiger partial charge in [0, 0.05) is 5.92 Å². The number of primary amides is 1. The van der Waals surface area contributed by atoms with E-state index in [1.54, 1.807) is 11.0 Å². The molecule has 2 unspecified atom stereocenters. The highest BCUT2D eigenvalue weighted by atomic mass is 16.5. The summed E-state index contributed by atoms with van der Waals surface area (Å²) >= 11 is 0. The van der Waals surface area contributed by atoms with Crippen molar-refractivity contribution in [2.24, 2.45) is 17.6 Å². The van der Waals surface area contributed by atoms with E-state index in [-0.39, 0.29) is 18.4 Å². The van der Waals surface area contributed by atoms with Crippen LogP contribution in [0.1, 0.15) is 6.92 Å². The van der Waals surface area contributed by atoms with Gasteiger partial charge in [0.2, 0.25) is 5.91 Å². The van der Waals surface area contributed by atoms with E-state index >= 15 is 0 Å². The number of benzene rings is 1. The maximum Gasteiger partial charge on any atom is 0.260 e. The molecule has 3 N–H and O–H groups in total.